The lowest BCUT2D eigenvalue weighted by Crippen LogP contribution is -2.52. The van der Waals surface area contributed by atoms with Crippen molar-refractivity contribution in [3.63, 3.8) is 0 Å². The van der Waals surface area contributed by atoms with Crippen molar-refractivity contribution in [3.8, 4) is 11.3 Å². The van der Waals surface area contributed by atoms with E-state index in [-0.39, 0.29) is 30.4 Å². The van der Waals surface area contributed by atoms with Gasteiger partial charge in [0.25, 0.3) is 11.8 Å². The summed E-state index contributed by atoms with van der Waals surface area (Å²) in [6.07, 6.45) is 5.06. The van der Waals surface area contributed by atoms with Gasteiger partial charge in [0.05, 0.1) is 25.1 Å². The average molecular weight is 890 g/mol. The highest BCUT2D eigenvalue weighted by atomic mass is 16.6. The summed E-state index contributed by atoms with van der Waals surface area (Å²) in [5.74, 6) is 0.132. The van der Waals surface area contributed by atoms with Gasteiger partial charge in [0.15, 0.2) is 0 Å². The van der Waals surface area contributed by atoms with Crippen LogP contribution in [-0.4, -0.2) is 99.3 Å². The fraction of sp³-hybridized carbons (Fsp3) is 0.480. The molecule has 0 spiro atoms. The number of likely N-dealkylation sites (tertiary alicyclic amines) is 1. The molecule has 3 heterocycles. The number of amides is 5. The molecular weight excluding hydrogens is 827 g/mol. The summed E-state index contributed by atoms with van der Waals surface area (Å²) in [5.41, 5.74) is 2.76. The monoisotopic (exact) mass is 889 g/mol. The lowest BCUT2D eigenvalue weighted by atomic mass is 9.81. The number of hydrogen-bond donors (Lipinski definition) is 4. The maximum atomic E-state index is 14.3. The van der Waals surface area contributed by atoms with Gasteiger partial charge in [-0.05, 0) is 108 Å². The molecule has 15 heteroatoms. The Morgan fingerprint density at radius 2 is 1.26 bits per heavy atom. The van der Waals surface area contributed by atoms with E-state index in [0.29, 0.717) is 55.4 Å². The van der Waals surface area contributed by atoms with E-state index in [0.717, 1.165) is 36.9 Å². The molecule has 346 valence electrons. The summed E-state index contributed by atoms with van der Waals surface area (Å²) < 4.78 is 16.8. The van der Waals surface area contributed by atoms with Gasteiger partial charge in [-0.2, -0.15) is 0 Å². The van der Waals surface area contributed by atoms with Crippen molar-refractivity contribution in [1.29, 1.82) is 0 Å². The molecule has 1 aliphatic carbocycles. The topological polar surface area (TPSA) is 184 Å². The van der Waals surface area contributed by atoms with Crippen molar-refractivity contribution in [2.24, 2.45) is 0 Å². The van der Waals surface area contributed by atoms with Gasteiger partial charge in [-0.3, -0.25) is 14.4 Å². The smallest absolute Gasteiger partial charge is 0.408 e. The highest BCUT2D eigenvalue weighted by molar-refractivity contribution is 5.92. The van der Waals surface area contributed by atoms with E-state index in [1.54, 1.807) is 69.7 Å². The van der Waals surface area contributed by atoms with Crippen molar-refractivity contribution in [3.05, 3.63) is 114 Å². The van der Waals surface area contributed by atoms with Crippen LogP contribution in [0.3, 0.4) is 0 Å². The second-order valence-electron chi connectivity index (χ2n) is 19.2. The van der Waals surface area contributed by atoms with E-state index in [2.05, 4.69) is 45.2 Å². The maximum absolute atomic E-state index is 14.3. The molecule has 65 heavy (non-hydrogen) atoms. The Kier molecular flexibility index (Phi) is 14.6. The molecule has 15 nitrogen and oxygen atoms in total. The molecule has 3 fully saturated rings. The van der Waals surface area contributed by atoms with Gasteiger partial charge in [0, 0.05) is 19.1 Å². The van der Waals surface area contributed by atoms with Gasteiger partial charge in [-0.25, -0.2) is 14.6 Å². The minimum atomic E-state index is -0.987. The number of H-pyrrole nitrogens is 1. The number of aromatic nitrogens is 2. The fourth-order valence-electron chi connectivity index (χ4n) is 8.90. The Bertz CT molecular complexity index is 2260. The fourth-order valence-corrected chi connectivity index (χ4v) is 8.90. The highest BCUT2D eigenvalue weighted by Crippen LogP contribution is 2.35. The van der Waals surface area contributed by atoms with Crippen LogP contribution in [0.4, 0.5) is 9.59 Å². The number of alkyl carbamates (subject to hydrolysis) is 2. The third-order valence-corrected chi connectivity index (χ3v) is 12.0. The summed E-state index contributed by atoms with van der Waals surface area (Å²) in [4.78, 5) is 79.3. The number of nitrogens with zero attached hydrogens (tertiary/aromatic N) is 3. The molecule has 5 amide bonds. The SMILES string of the molecule is CC(C)(C)OC(=O)N[C@@H](C(=O)N1CCC[C@H]1C(=O)NC1CCC(c2ccc(-c3cnc([C@@H]4COCCN4C(=O)[C@H](NC(=O)OC(C)(C)C)c4ccccc4)[nH]3)cc2)CC1)c1ccccc1. The second-order valence-corrected chi connectivity index (χ2v) is 19.2. The first-order valence-electron chi connectivity index (χ1n) is 22.8. The number of carbonyl (C=O) groups excluding carboxylic acids is 5. The first kappa shape index (κ1) is 46.8. The van der Waals surface area contributed by atoms with Crippen LogP contribution in [0.2, 0.25) is 0 Å². The Labute approximate surface area is 381 Å². The zero-order chi connectivity index (χ0) is 46.3. The molecule has 7 rings (SSSR count). The van der Waals surface area contributed by atoms with Crippen LogP contribution in [0.25, 0.3) is 11.3 Å². The van der Waals surface area contributed by atoms with E-state index in [9.17, 15) is 24.0 Å². The Morgan fingerprint density at radius 3 is 1.82 bits per heavy atom. The molecule has 1 aromatic heterocycles. The van der Waals surface area contributed by atoms with E-state index in [4.69, 9.17) is 19.2 Å². The number of morpholine rings is 1. The van der Waals surface area contributed by atoms with Crippen LogP contribution in [0.5, 0.6) is 0 Å². The number of hydrogen-bond acceptors (Lipinski definition) is 9. The quantitative estimate of drug-likeness (QED) is 0.118. The summed E-state index contributed by atoms with van der Waals surface area (Å²) in [7, 11) is 0. The van der Waals surface area contributed by atoms with Crippen molar-refractivity contribution in [2.45, 2.75) is 127 Å². The molecule has 3 aliphatic rings. The van der Waals surface area contributed by atoms with Crippen LogP contribution in [0, 0.1) is 0 Å². The van der Waals surface area contributed by atoms with Crippen LogP contribution >= 0.6 is 0 Å². The zero-order valence-corrected chi connectivity index (χ0v) is 38.3. The van der Waals surface area contributed by atoms with Gasteiger partial charge in [0.1, 0.15) is 41.2 Å². The van der Waals surface area contributed by atoms with Crippen molar-refractivity contribution in [1.82, 2.24) is 35.7 Å². The van der Waals surface area contributed by atoms with Crippen molar-refractivity contribution >= 4 is 29.9 Å². The predicted molar refractivity (Wildman–Crippen MR) is 244 cm³/mol. The number of carbonyl (C=O) groups is 5. The molecule has 0 unspecified atom stereocenters. The van der Waals surface area contributed by atoms with E-state index in [1.165, 1.54) is 5.56 Å². The minimum Gasteiger partial charge on any atom is -0.444 e. The summed E-state index contributed by atoms with van der Waals surface area (Å²) in [5, 5.41) is 8.81. The van der Waals surface area contributed by atoms with Crippen LogP contribution in [-0.2, 0) is 28.6 Å². The lowest BCUT2D eigenvalue weighted by Gasteiger charge is -2.37. The first-order chi connectivity index (χ1) is 31.0. The third-order valence-electron chi connectivity index (χ3n) is 12.0. The number of aromatic amines is 1. The standard InChI is InChI=1S/C50H63N7O8/c1-49(2,3)64-47(61)54-41(35-14-9-7-10-15-35)45(59)56-27-13-18-39(56)44(58)52-37-25-23-33(24-26-37)32-19-21-34(22-20-32)38-30-51-43(53-38)40-31-63-29-28-57(40)46(60)42(36-16-11-8-12-17-36)55-48(62)65-50(4,5)6/h7-12,14-17,19-22,30,33,37,39-42H,13,18,23-29,31H2,1-6H3,(H,51,53)(H,52,58)(H,54,61)(H,55,62)/t33?,37?,39-,40-,41+,42+/m0/s1. The number of rotatable bonds is 11. The number of nitrogens with one attached hydrogen (secondary N) is 4. The molecule has 4 N–H and O–H groups in total. The predicted octanol–water partition coefficient (Wildman–Crippen LogP) is 7.64. The lowest BCUT2D eigenvalue weighted by molar-refractivity contribution is -0.143. The summed E-state index contributed by atoms with van der Waals surface area (Å²) in [6.45, 7) is 12.0. The molecule has 4 atom stereocenters. The molecule has 2 saturated heterocycles. The van der Waals surface area contributed by atoms with Gasteiger partial charge in [-0.15, -0.1) is 0 Å². The third kappa shape index (κ3) is 12.1. The van der Waals surface area contributed by atoms with Crippen molar-refractivity contribution < 1.29 is 38.2 Å². The molecule has 2 aliphatic heterocycles. The van der Waals surface area contributed by atoms with Crippen molar-refractivity contribution in [2.75, 3.05) is 26.3 Å². The van der Waals surface area contributed by atoms with Gasteiger partial charge < -0.3 is 44.9 Å². The summed E-state index contributed by atoms with van der Waals surface area (Å²) in [6, 6.07) is 23.5. The molecule has 0 radical (unpaired) electrons. The van der Waals surface area contributed by atoms with E-state index < -0.39 is 47.6 Å². The average Bonchev–Trinajstić information content (AvgIpc) is 3.99. The van der Waals surface area contributed by atoms with Crippen LogP contribution < -0.4 is 16.0 Å². The largest absolute Gasteiger partial charge is 0.444 e. The number of benzene rings is 3. The van der Waals surface area contributed by atoms with Crippen LogP contribution in [0.15, 0.2) is 91.1 Å². The molecule has 1 saturated carbocycles. The maximum Gasteiger partial charge on any atom is 0.408 e. The highest BCUT2D eigenvalue weighted by Gasteiger charge is 2.40. The number of ether oxygens (including phenoxy) is 3. The number of imidazole rings is 1. The van der Waals surface area contributed by atoms with Gasteiger partial charge in [0.2, 0.25) is 5.91 Å². The Morgan fingerprint density at radius 1 is 0.708 bits per heavy atom. The molecule has 0 bridgehead atoms. The Balaban J connectivity index is 0.946. The van der Waals surface area contributed by atoms with Gasteiger partial charge >= 0.3 is 12.2 Å². The molecular formula is C50H63N7O8. The zero-order valence-electron chi connectivity index (χ0n) is 38.3. The molecule has 4 aromatic rings. The van der Waals surface area contributed by atoms with E-state index in [1.807, 2.05) is 48.5 Å². The second kappa shape index (κ2) is 20.3. The Hall–Kier alpha value is -6.22. The van der Waals surface area contributed by atoms with Crippen LogP contribution in [0.1, 0.15) is 127 Å². The van der Waals surface area contributed by atoms with Gasteiger partial charge in [-0.1, -0.05) is 84.9 Å². The normalized spacial score (nSPS) is 21.1. The first-order valence-corrected chi connectivity index (χ1v) is 22.8. The minimum absolute atomic E-state index is 0.00456. The molecule has 3 aromatic carbocycles. The summed E-state index contributed by atoms with van der Waals surface area (Å²) >= 11 is 0. The van der Waals surface area contributed by atoms with E-state index >= 15 is 0 Å².